The fourth-order valence-corrected chi connectivity index (χ4v) is 2.48. The standard InChI is InChI=1S/C14H14N4O2/c15-16-12-5-13(7-14(6-12)18(19)20)17-8-10-3-1-2-4-11(10)9-17/h1-7,16H,8-9,15H2. The smallest absolute Gasteiger partial charge is 0.273 e. The molecule has 0 fully saturated rings. The third-order valence-electron chi connectivity index (χ3n) is 3.49. The van der Waals surface area contributed by atoms with E-state index in [-0.39, 0.29) is 5.69 Å². The lowest BCUT2D eigenvalue weighted by atomic mass is 10.1. The number of hydrazine groups is 1. The number of nitro groups is 1. The topological polar surface area (TPSA) is 84.4 Å². The molecule has 0 saturated heterocycles. The summed E-state index contributed by atoms with van der Waals surface area (Å²) in [5.41, 5.74) is 6.34. The van der Waals surface area contributed by atoms with Crippen molar-refractivity contribution in [3.8, 4) is 0 Å². The average Bonchev–Trinajstić information content (AvgIpc) is 2.90. The number of benzene rings is 2. The summed E-state index contributed by atoms with van der Waals surface area (Å²) >= 11 is 0. The molecule has 0 atom stereocenters. The van der Waals surface area contributed by atoms with Gasteiger partial charge in [0.05, 0.1) is 10.6 Å². The van der Waals surface area contributed by atoms with E-state index in [0.29, 0.717) is 5.69 Å². The molecule has 0 unspecified atom stereocenters. The van der Waals surface area contributed by atoms with Gasteiger partial charge in [-0.1, -0.05) is 24.3 Å². The molecule has 0 spiro atoms. The SMILES string of the molecule is NNc1cc(N2Cc3ccccc3C2)cc([N+](=O)[O-])c1. The van der Waals surface area contributed by atoms with Crippen LogP contribution in [0.5, 0.6) is 0 Å². The van der Waals surface area contributed by atoms with E-state index in [0.717, 1.165) is 18.8 Å². The van der Waals surface area contributed by atoms with Gasteiger partial charge < -0.3 is 10.3 Å². The Hall–Kier alpha value is -2.60. The molecule has 102 valence electrons. The maximum Gasteiger partial charge on any atom is 0.273 e. The van der Waals surface area contributed by atoms with Gasteiger partial charge >= 0.3 is 0 Å². The van der Waals surface area contributed by atoms with Crippen LogP contribution in [0.1, 0.15) is 11.1 Å². The molecule has 1 heterocycles. The summed E-state index contributed by atoms with van der Waals surface area (Å²) in [6.45, 7) is 1.50. The first-order chi connectivity index (χ1) is 9.67. The first kappa shape index (κ1) is 12.4. The van der Waals surface area contributed by atoms with Crippen molar-refractivity contribution in [2.75, 3.05) is 10.3 Å². The van der Waals surface area contributed by atoms with Gasteiger partial charge in [-0.3, -0.25) is 16.0 Å². The zero-order chi connectivity index (χ0) is 14.1. The second kappa shape index (κ2) is 4.82. The van der Waals surface area contributed by atoms with Gasteiger partial charge in [0.1, 0.15) is 0 Å². The lowest BCUT2D eigenvalue weighted by Crippen LogP contribution is -2.15. The molecule has 1 aliphatic rings. The highest BCUT2D eigenvalue weighted by Crippen LogP contribution is 2.32. The first-order valence-corrected chi connectivity index (χ1v) is 6.25. The van der Waals surface area contributed by atoms with Crippen LogP contribution in [-0.2, 0) is 13.1 Å². The van der Waals surface area contributed by atoms with Crippen LogP contribution in [0.2, 0.25) is 0 Å². The molecule has 3 rings (SSSR count). The summed E-state index contributed by atoms with van der Waals surface area (Å²) < 4.78 is 0. The fraction of sp³-hybridized carbons (Fsp3) is 0.143. The maximum atomic E-state index is 11.0. The molecule has 0 bridgehead atoms. The Morgan fingerprint density at radius 1 is 1.15 bits per heavy atom. The second-order valence-electron chi connectivity index (χ2n) is 4.76. The molecular formula is C14H14N4O2. The summed E-state index contributed by atoms with van der Waals surface area (Å²) in [5, 5.41) is 11.0. The predicted molar refractivity (Wildman–Crippen MR) is 77.2 cm³/mol. The van der Waals surface area contributed by atoms with Gasteiger partial charge in [0.15, 0.2) is 0 Å². The molecule has 0 aliphatic carbocycles. The highest BCUT2D eigenvalue weighted by molar-refractivity contribution is 5.65. The van der Waals surface area contributed by atoms with Crippen LogP contribution in [0.3, 0.4) is 0 Å². The minimum absolute atomic E-state index is 0.0337. The Balaban J connectivity index is 1.96. The number of nitrogens with zero attached hydrogens (tertiary/aromatic N) is 2. The zero-order valence-corrected chi connectivity index (χ0v) is 10.7. The number of rotatable bonds is 3. The molecule has 2 aromatic rings. The Morgan fingerprint density at radius 3 is 2.35 bits per heavy atom. The van der Waals surface area contributed by atoms with E-state index in [2.05, 4.69) is 22.5 Å². The van der Waals surface area contributed by atoms with Crippen molar-refractivity contribution in [1.82, 2.24) is 0 Å². The van der Waals surface area contributed by atoms with Crippen LogP contribution in [-0.4, -0.2) is 4.92 Å². The lowest BCUT2D eigenvalue weighted by Gasteiger charge is -2.18. The van der Waals surface area contributed by atoms with Crippen molar-refractivity contribution in [1.29, 1.82) is 0 Å². The van der Waals surface area contributed by atoms with Gasteiger partial charge in [-0.05, 0) is 17.2 Å². The quantitative estimate of drug-likeness (QED) is 0.508. The molecule has 3 N–H and O–H groups in total. The van der Waals surface area contributed by atoms with Crippen LogP contribution in [0.4, 0.5) is 17.1 Å². The Morgan fingerprint density at radius 2 is 1.80 bits per heavy atom. The second-order valence-corrected chi connectivity index (χ2v) is 4.76. The van der Waals surface area contributed by atoms with Crippen LogP contribution in [0.15, 0.2) is 42.5 Å². The molecule has 2 aromatic carbocycles. The van der Waals surface area contributed by atoms with Crippen molar-refractivity contribution in [2.45, 2.75) is 13.1 Å². The lowest BCUT2D eigenvalue weighted by molar-refractivity contribution is -0.384. The summed E-state index contributed by atoms with van der Waals surface area (Å²) in [4.78, 5) is 12.7. The van der Waals surface area contributed by atoms with Crippen molar-refractivity contribution < 1.29 is 4.92 Å². The minimum Gasteiger partial charge on any atom is -0.363 e. The van der Waals surface area contributed by atoms with E-state index in [1.807, 2.05) is 18.2 Å². The highest BCUT2D eigenvalue weighted by atomic mass is 16.6. The largest absolute Gasteiger partial charge is 0.363 e. The van der Waals surface area contributed by atoms with E-state index < -0.39 is 4.92 Å². The zero-order valence-electron chi connectivity index (χ0n) is 10.7. The van der Waals surface area contributed by atoms with E-state index in [4.69, 9.17) is 5.84 Å². The average molecular weight is 270 g/mol. The third kappa shape index (κ3) is 2.17. The van der Waals surface area contributed by atoms with Crippen LogP contribution in [0.25, 0.3) is 0 Å². The summed E-state index contributed by atoms with van der Waals surface area (Å²) in [6, 6.07) is 13.0. The van der Waals surface area contributed by atoms with Crippen LogP contribution >= 0.6 is 0 Å². The summed E-state index contributed by atoms with van der Waals surface area (Å²) in [7, 11) is 0. The molecule has 6 heteroatoms. The number of nitrogens with two attached hydrogens (primary N) is 1. The Kier molecular flexibility index (Phi) is 3.00. The number of hydrogen-bond acceptors (Lipinski definition) is 5. The summed E-state index contributed by atoms with van der Waals surface area (Å²) in [5.74, 6) is 5.38. The predicted octanol–water partition coefficient (Wildman–Crippen LogP) is 2.40. The number of nitrogen functional groups attached to an aromatic ring is 1. The minimum atomic E-state index is -0.409. The number of hydrogen-bond donors (Lipinski definition) is 2. The van der Waals surface area contributed by atoms with E-state index >= 15 is 0 Å². The molecule has 6 nitrogen and oxygen atoms in total. The number of non-ortho nitro benzene ring substituents is 1. The molecular weight excluding hydrogens is 256 g/mol. The van der Waals surface area contributed by atoms with Crippen molar-refractivity contribution >= 4 is 17.1 Å². The van der Waals surface area contributed by atoms with Crippen molar-refractivity contribution in [3.63, 3.8) is 0 Å². The monoisotopic (exact) mass is 270 g/mol. The van der Waals surface area contributed by atoms with Crippen molar-refractivity contribution in [2.24, 2.45) is 5.84 Å². The Labute approximate surface area is 115 Å². The number of nitro benzene ring substituents is 1. The normalized spacial score (nSPS) is 13.2. The van der Waals surface area contributed by atoms with Crippen LogP contribution in [0, 0.1) is 10.1 Å². The van der Waals surface area contributed by atoms with Crippen molar-refractivity contribution in [3.05, 3.63) is 63.7 Å². The van der Waals surface area contributed by atoms with E-state index in [1.165, 1.54) is 17.2 Å². The molecule has 0 saturated carbocycles. The highest BCUT2D eigenvalue weighted by Gasteiger charge is 2.21. The van der Waals surface area contributed by atoms with Gasteiger partial charge in [-0.15, -0.1) is 0 Å². The number of fused-ring (bicyclic) bond motifs is 1. The van der Waals surface area contributed by atoms with Gasteiger partial charge in [0.25, 0.3) is 5.69 Å². The van der Waals surface area contributed by atoms with Gasteiger partial charge in [-0.25, -0.2) is 0 Å². The van der Waals surface area contributed by atoms with E-state index in [1.54, 1.807) is 6.07 Å². The molecule has 1 aliphatic heterocycles. The molecule has 0 radical (unpaired) electrons. The molecule has 0 aromatic heterocycles. The van der Waals surface area contributed by atoms with Crippen LogP contribution < -0.4 is 16.2 Å². The summed E-state index contributed by atoms with van der Waals surface area (Å²) in [6.07, 6.45) is 0. The third-order valence-corrected chi connectivity index (χ3v) is 3.49. The molecule has 20 heavy (non-hydrogen) atoms. The number of nitrogens with one attached hydrogen (secondary N) is 1. The van der Waals surface area contributed by atoms with Gasteiger partial charge in [-0.2, -0.15) is 0 Å². The molecule has 0 amide bonds. The van der Waals surface area contributed by atoms with Gasteiger partial charge in [0.2, 0.25) is 0 Å². The van der Waals surface area contributed by atoms with Gasteiger partial charge in [0, 0.05) is 30.9 Å². The fourth-order valence-electron chi connectivity index (χ4n) is 2.48. The number of anilines is 2. The Bertz CT molecular complexity index is 647. The first-order valence-electron chi connectivity index (χ1n) is 6.25. The maximum absolute atomic E-state index is 11.0. The van der Waals surface area contributed by atoms with E-state index in [9.17, 15) is 10.1 Å².